The van der Waals surface area contributed by atoms with E-state index in [2.05, 4.69) is 45.5 Å². The Labute approximate surface area is 202 Å². The number of benzene rings is 2. The Morgan fingerprint density at radius 1 is 1.13 bits per heavy atom. The lowest BCUT2D eigenvalue weighted by Gasteiger charge is -2.26. The number of anilines is 1. The Morgan fingerprint density at radius 2 is 1.87 bits per heavy atom. The third-order valence-electron chi connectivity index (χ3n) is 6.53. The van der Waals surface area contributed by atoms with Crippen LogP contribution in [0.25, 0.3) is 0 Å². The molecule has 1 aliphatic heterocycles. The van der Waals surface area contributed by atoms with Gasteiger partial charge in [-0.05, 0) is 48.6 Å². The molecular weight excluding hydrogens is 499 g/mol. The molecule has 31 heavy (non-hydrogen) atoms. The molecule has 1 N–H and O–H groups in total. The zero-order chi connectivity index (χ0) is 21.1. The molecule has 1 aliphatic carbocycles. The van der Waals surface area contributed by atoms with E-state index in [0.29, 0.717) is 0 Å². The first-order valence-corrected chi connectivity index (χ1v) is 10.9. The van der Waals surface area contributed by atoms with Gasteiger partial charge in [0.05, 0.1) is 0 Å². The van der Waals surface area contributed by atoms with Crippen molar-refractivity contribution in [3.63, 3.8) is 0 Å². The maximum absolute atomic E-state index is 12.2. The number of hydrogen-bond acceptors (Lipinski definition) is 2. The summed E-state index contributed by atoms with van der Waals surface area (Å²) >= 11 is 0. The lowest BCUT2D eigenvalue weighted by molar-refractivity contribution is 0.0827. The van der Waals surface area contributed by atoms with Gasteiger partial charge in [-0.3, -0.25) is 9.79 Å². The van der Waals surface area contributed by atoms with E-state index in [0.717, 1.165) is 36.6 Å². The molecule has 2 aromatic rings. The highest BCUT2D eigenvalue weighted by molar-refractivity contribution is 14.0. The molecule has 0 aromatic heterocycles. The molecule has 4 rings (SSSR count). The van der Waals surface area contributed by atoms with E-state index >= 15 is 0 Å². The molecule has 0 radical (unpaired) electrons. The number of carbonyl (C=O) groups is 1. The van der Waals surface area contributed by atoms with Crippen molar-refractivity contribution in [2.75, 3.05) is 39.1 Å². The second-order valence-electron chi connectivity index (χ2n) is 8.71. The Kier molecular flexibility index (Phi) is 7.62. The molecule has 0 atom stereocenters. The molecule has 1 spiro atoms. The zero-order valence-electron chi connectivity index (χ0n) is 18.7. The average molecular weight is 532 g/mol. The third-order valence-corrected chi connectivity index (χ3v) is 6.53. The lowest BCUT2D eigenvalue weighted by Crippen LogP contribution is -2.44. The normalized spacial score (nSPS) is 16.7. The topological polar surface area (TPSA) is 47.9 Å². The second-order valence-corrected chi connectivity index (χ2v) is 8.71. The van der Waals surface area contributed by atoms with E-state index in [4.69, 9.17) is 0 Å². The van der Waals surface area contributed by atoms with E-state index in [-0.39, 0.29) is 35.3 Å². The summed E-state index contributed by atoms with van der Waals surface area (Å²) in [6.07, 6.45) is 6.01. The lowest BCUT2D eigenvalue weighted by atomic mass is 9.81. The van der Waals surface area contributed by atoms with Gasteiger partial charge >= 0.3 is 0 Å². The molecule has 0 bridgehead atoms. The maximum Gasteiger partial charge on any atom is 0.253 e. The number of carbonyl (C=O) groups excluding carboxylic acids is 1. The van der Waals surface area contributed by atoms with Crippen LogP contribution in [0.2, 0.25) is 0 Å². The Hall–Kier alpha value is -2.09. The van der Waals surface area contributed by atoms with Crippen LogP contribution in [0.5, 0.6) is 0 Å². The molecule has 1 saturated carbocycles. The molecule has 2 aliphatic rings. The summed E-state index contributed by atoms with van der Waals surface area (Å²) in [5.41, 5.74) is 4.96. The van der Waals surface area contributed by atoms with Crippen LogP contribution in [0.15, 0.2) is 53.5 Å². The number of nitrogens with one attached hydrogen (secondary N) is 1. The zero-order valence-corrected chi connectivity index (χ0v) is 21.1. The molecule has 166 valence electrons. The van der Waals surface area contributed by atoms with Gasteiger partial charge in [0, 0.05) is 50.9 Å². The van der Waals surface area contributed by atoms with Gasteiger partial charge in [-0.25, -0.2) is 0 Å². The number of guanidine groups is 1. The van der Waals surface area contributed by atoms with Crippen molar-refractivity contribution >= 4 is 41.5 Å². The number of rotatable bonds is 4. The number of fused-ring (bicyclic) bond motifs is 2. The number of para-hydroxylation sites is 1. The van der Waals surface area contributed by atoms with Crippen LogP contribution >= 0.6 is 24.0 Å². The molecule has 1 amide bonds. The highest BCUT2D eigenvalue weighted by Gasteiger charge is 2.45. The minimum Gasteiger partial charge on any atom is -0.356 e. The molecular formula is C25H33IN4O. The van der Waals surface area contributed by atoms with Crippen LogP contribution in [-0.2, 0) is 11.8 Å². The van der Waals surface area contributed by atoms with Crippen molar-refractivity contribution in [2.45, 2.75) is 37.5 Å². The minimum atomic E-state index is 0. The Bertz CT molecular complexity index is 950. The summed E-state index contributed by atoms with van der Waals surface area (Å²) in [7, 11) is 5.43. The third kappa shape index (κ3) is 4.73. The molecule has 0 saturated heterocycles. The van der Waals surface area contributed by atoms with Crippen LogP contribution in [0.3, 0.4) is 0 Å². The summed E-state index contributed by atoms with van der Waals surface area (Å²) in [6.45, 7) is 1.79. The number of nitrogens with zero attached hydrogens (tertiary/aromatic N) is 3. The average Bonchev–Trinajstić information content (AvgIpc) is 3.37. The van der Waals surface area contributed by atoms with E-state index in [1.165, 1.54) is 36.9 Å². The first kappa shape index (κ1) is 23.6. The monoisotopic (exact) mass is 532 g/mol. The van der Waals surface area contributed by atoms with Crippen molar-refractivity contribution < 1.29 is 4.79 Å². The van der Waals surface area contributed by atoms with E-state index in [9.17, 15) is 4.79 Å². The van der Waals surface area contributed by atoms with Crippen LogP contribution < -0.4 is 10.2 Å². The van der Waals surface area contributed by atoms with Crippen molar-refractivity contribution in [1.29, 1.82) is 0 Å². The summed E-state index contributed by atoms with van der Waals surface area (Å²) in [5, 5.41) is 3.56. The molecule has 6 heteroatoms. The van der Waals surface area contributed by atoms with Crippen LogP contribution in [0.1, 0.15) is 47.2 Å². The molecule has 1 fully saturated rings. The van der Waals surface area contributed by atoms with E-state index in [1.54, 1.807) is 19.0 Å². The SMILES string of the molecule is CN=C(NCCc1cccc(C(=O)N(C)C)c1)N1CC2(CCCC2)c2ccccc21.I. The van der Waals surface area contributed by atoms with Gasteiger partial charge in [-0.1, -0.05) is 43.2 Å². The van der Waals surface area contributed by atoms with Crippen LogP contribution in [-0.4, -0.2) is 51.0 Å². The highest BCUT2D eigenvalue weighted by Crippen LogP contribution is 2.50. The second kappa shape index (κ2) is 10.0. The Morgan fingerprint density at radius 3 is 2.58 bits per heavy atom. The fraction of sp³-hybridized carbons (Fsp3) is 0.440. The van der Waals surface area contributed by atoms with Gasteiger partial charge in [-0.2, -0.15) is 0 Å². The highest BCUT2D eigenvalue weighted by atomic mass is 127. The molecule has 2 aromatic carbocycles. The van der Waals surface area contributed by atoms with Crippen molar-refractivity contribution in [1.82, 2.24) is 10.2 Å². The van der Waals surface area contributed by atoms with Gasteiger partial charge in [0.2, 0.25) is 0 Å². The number of aliphatic imine (C=N–C) groups is 1. The standard InChI is InChI=1S/C25H32N4O.HI/c1-26-24(27-16-13-19-9-8-10-20(17-19)23(30)28(2)3)29-18-25(14-6-7-15-25)21-11-4-5-12-22(21)29;/h4-5,8-12,17H,6-7,13-16,18H2,1-3H3,(H,26,27);1H. The van der Waals surface area contributed by atoms with Gasteiger partial charge in [0.25, 0.3) is 5.91 Å². The Balaban J connectivity index is 0.00000272. The predicted molar refractivity (Wildman–Crippen MR) is 139 cm³/mol. The summed E-state index contributed by atoms with van der Waals surface area (Å²) in [4.78, 5) is 20.8. The van der Waals surface area contributed by atoms with E-state index < -0.39 is 0 Å². The summed E-state index contributed by atoms with van der Waals surface area (Å²) < 4.78 is 0. The predicted octanol–water partition coefficient (Wildman–Crippen LogP) is 4.46. The van der Waals surface area contributed by atoms with Crippen molar-refractivity contribution in [3.05, 3.63) is 65.2 Å². The van der Waals surface area contributed by atoms with Crippen LogP contribution in [0, 0.1) is 0 Å². The first-order chi connectivity index (χ1) is 14.5. The van der Waals surface area contributed by atoms with Gasteiger partial charge < -0.3 is 15.1 Å². The van der Waals surface area contributed by atoms with Crippen molar-refractivity contribution in [3.8, 4) is 0 Å². The fourth-order valence-corrected chi connectivity index (χ4v) is 5.03. The molecule has 0 unspecified atom stereocenters. The summed E-state index contributed by atoms with van der Waals surface area (Å²) in [5.74, 6) is 0.975. The fourth-order valence-electron chi connectivity index (χ4n) is 5.03. The quantitative estimate of drug-likeness (QED) is 0.360. The number of amides is 1. The number of halogens is 1. The molecule has 5 nitrogen and oxygen atoms in total. The number of hydrogen-bond donors (Lipinski definition) is 1. The van der Waals surface area contributed by atoms with Gasteiger partial charge in [-0.15, -0.1) is 24.0 Å². The smallest absolute Gasteiger partial charge is 0.253 e. The van der Waals surface area contributed by atoms with Crippen molar-refractivity contribution in [2.24, 2.45) is 4.99 Å². The molecule has 1 heterocycles. The maximum atomic E-state index is 12.2. The van der Waals surface area contributed by atoms with E-state index in [1.807, 2.05) is 25.2 Å². The van der Waals surface area contributed by atoms with Crippen LogP contribution in [0.4, 0.5) is 5.69 Å². The van der Waals surface area contributed by atoms with Gasteiger partial charge in [0.1, 0.15) is 0 Å². The first-order valence-electron chi connectivity index (χ1n) is 10.9. The van der Waals surface area contributed by atoms with Gasteiger partial charge in [0.15, 0.2) is 5.96 Å². The summed E-state index contributed by atoms with van der Waals surface area (Å²) in [6, 6.07) is 16.7. The largest absolute Gasteiger partial charge is 0.356 e. The minimum absolute atomic E-state index is 0.